The molecule has 7 nitrogen and oxygen atoms in total. The van der Waals surface area contributed by atoms with E-state index < -0.39 is 22.2 Å². The molecular weight excluding hydrogens is 365 g/mol. The Morgan fingerprint density at radius 2 is 2.00 bits per heavy atom. The second kappa shape index (κ2) is 8.19. The molecule has 2 fully saturated rings. The Hall–Kier alpha value is -0.910. The number of sulfonamides is 1. The smallest absolute Gasteiger partial charge is 0.475 e. The van der Waals surface area contributed by atoms with Crippen LogP contribution in [0.1, 0.15) is 20.8 Å². The molecule has 0 bridgehead atoms. The lowest BCUT2D eigenvalue weighted by Gasteiger charge is -2.28. The van der Waals surface area contributed by atoms with Gasteiger partial charge in [0.05, 0.1) is 19.0 Å². The molecule has 2 aliphatic heterocycles. The van der Waals surface area contributed by atoms with Gasteiger partial charge in [-0.05, 0) is 20.8 Å². The first-order valence-electron chi connectivity index (χ1n) is 7.92. The normalized spacial score (nSPS) is 27.1. The molecule has 0 saturated carbocycles. The number of ether oxygens (including phenoxy) is 1. The lowest BCUT2D eigenvalue weighted by Crippen LogP contribution is -2.44. The fourth-order valence-electron chi connectivity index (χ4n) is 2.87. The number of hydrogen-bond donors (Lipinski definition) is 2. The van der Waals surface area contributed by atoms with Gasteiger partial charge in [-0.15, -0.1) is 0 Å². The summed E-state index contributed by atoms with van der Waals surface area (Å²) in [6.07, 6.45) is -5.08. The Kier molecular flexibility index (Phi) is 7.25. The largest absolute Gasteiger partial charge is 0.490 e. The van der Waals surface area contributed by atoms with Crippen LogP contribution in [-0.4, -0.2) is 75.2 Å². The molecule has 148 valence electrons. The topological polar surface area (TPSA) is 95.9 Å². The SMILES string of the molecule is CCS(=O)(=O)NC[C@]12COC[C@H]1CN(C(C)C)C2.O=C(O)C(F)(F)F. The molecular formula is C14H25F3N2O5S. The number of halogens is 3. The first-order valence-corrected chi connectivity index (χ1v) is 9.57. The van der Waals surface area contributed by atoms with Crippen LogP contribution in [-0.2, 0) is 19.6 Å². The van der Waals surface area contributed by atoms with E-state index in [1.807, 2.05) is 0 Å². The summed E-state index contributed by atoms with van der Waals surface area (Å²) in [5.74, 6) is -2.16. The summed E-state index contributed by atoms with van der Waals surface area (Å²) in [6, 6.07) is 0.509. The van der Waals surface area contributed by atoms with Crippen molar-refractivity contribution in [2.24, 2.45) is 11.3 Å². The highest BCUT2D eigenvalue weighted by atomic mass is 32.2. The summed E-state index contributed by atoms with van der Waals surface area (Å²) in [7, 11) is -3.11. The number of carboxylic acid groups (broad SMARTS) is 1. The molecule has 0 aromatic rings. The van der Waals surface area contributed by atoms with E-state index in [0.717, 1.165) is 19.7 Å². The maximum atomic E-state index is 11.6. The number of aliphatic carboxylic acids is 1. The van der Waals surface area contributed by atoms with Gasteiger partial charge in [0.1, 0.15) is 0 Å². The van der Waals surface area contributed by atoms with E-state index in [4.69, 9.17) is 14.6 Å². The molecule has 0 aliphatic carbocycles. The zero-order valence-corrected chi connectivity index (χ0v) is 15.3. The Labute approximate surface area is 145 Å². The molecule has 0 aromatic heterocycles. The molecule has 0 radical (unpaired) electrons. The van der Waals surface area contributed by atoms with Crippen molar-refractivity contribution >= 4 is 16.0 Å². The second-order valence-corrected chi connectivity index (χ2v) is 8.72. The Bertz CT molecular complexity index is 567. The van der Waals surface area contributed by atoms with Crippen LogP contribution in [0.3, 0.4) is 0 Å². The first kappa shape index (κ1) is 22.1. The molecule has 0 aromatic carbocycles. The molecule has 0 amide bonds. The van der Waals surface area contributed by atoms with Crippen LogP contribution < -0.4 is 4.72 Å². The van der Waals surface area contributed by atoms with E-state index in [1.165, 1.54) is 0 Å². The quantitative estimate of drug-likeness (QED) is 0.725. The van der Waals surface area contributed by atoms with Gasteiger partial charge in [0.2, 0.25) is 10.0 Å². The van der Waals surface area contributed by atoms with Gasteiger partial charge in [-0.2, -0.15) is 13.2 Å². The van der Waals surface area contributed by atoms with Crippen molar-refractivity contribution in [1.82, 2.24) is 9.62 Å². The number of nitrogens with zero attached hydrogens (tertiary/aromatic N) is 1. The number of fused-ring (bicyclic) bond motifs is 1. The average molecular weight is 390 g/mol. The fraction of sp³-hybridized carbons (Fsp3) is 0.929. The van der Waals surface area contributed by atoms with E-state index in [-0.39, 0.29) is 11.2 Å². The van der Waals surface area contributed by atoms with Crippen molar-refractivity contribution in [1.29, 1.82) is 0 Å². The van der Waals surface area contributed by atoms with Crippen molar-refractivity contribution in [2.45, 2.75) is 33.0 Å². The van der Waals surface area contributed by atoms with E-state index in [9.17, 15) is 21.6 Å². The Morgan fingerprint density at radius 3 is 2.44 bits per heavy atom. The number of alkyl halides is 3. The summed E-state index contributed by atoms with van der Waals surface area (Å²) < 4.78 is 63.2. The van der Waals surface area contributed by atoms with Crippen LogP contribution in [0.25, 0.3) is 0 Å². The van der Waals surface area contributed by atoms with Crippen molar-refractivity contribution in [3.05, 3.63) is 0 Å². The molecule has 2 rings (SSSR count). The summed E-state index contributed by atoms with van der Waals surface area (Å²) in [6.45, 7) is 9.93. The molecule has 0 unspecified atom stereocenters. The third kappa shape index (κ3) is 6.08. The number of nitrogens with one attached hydrogen (secondary N) is 1. The lowest BCUT2D eigenvalue weighted by molar-refractivity contribution is -0.192. The minimum absolute atomic E-state index is 0.0213. The minimum Gasteiger partial charge on any atom is -0.475 e. The predicted molar refractivity (Wildman–Crippen MR) is 84.6 cm³/mol. The van der Waals surface area contributed by atoms with Gasteiger partial charge < -0.3 is 9.84 Å². The average Bonchev–Trinajstić information content (AvgIpc) is 3.02. The number of carbonyl (C=O) groups is 1. The zero-order chi connectivity index (χ0) is 19.5. The number of hydrogen-bond acceptors (Lipinski definition) is 5. The molecule has 2 atom stereocenters. The lowest BCUT2D eigenvalue weighted by atomic mass is 9.81. The van der Waals surface area contributed by atoms with Crippen molar-refractivity contribution in [3.8, 4) is 0 Å². The van der Waals surface area contributed by atoms with E-state index in [0.29, 0.717) is 25.1 Å². The molecule has 2 N–H and O–H groups in total. The highest BCUT2D eigenvalue weighted by molar-refractivity contribution is 7.89. The predicted octanol–water partition coefficient (Wildman–Crippen LogP) is 0.916. The molecule has 25 heavy (non-hydrogen) atoms. The van der Waals surface area contributed by atoms with E-state index in [1.54, 1.807) is 6.92 Å². The van der Waals surface area contributed by atoms with Gasteiger partial charge in [0, 0.05) is 37.0 Å². The van der Waals surface area contributed by atoms with Crippen LogP contribution in [0.5, 0.6) is 0 Å². The zero-order valence-electron chi connectivity index (χ0n) is 14.5. The maximum Gasteiger partial charge on any atom is 0.490 e. The summed E-state index contributed by atoms with van der Waals surface area (Å²) in [5.41, 5.74) is -0.0213. The maximum absolute atomic E-state index is 11.6. The van der Waals surface area contributed by atoms with Crippen LogP contribution >= 0.6 is 0 Å². The monoisotopic (exact) mass is 390 g/mol. The van der Waals surface area contributed by atoms with Gasteiger partial charge >= 0.3 is 12.1 Å². The highest BCUT2D eigenvalue weighted by Gasteiger charge is 2.51. The second-order valence-electron chi connectivity index (χ2n) is 6.63. The van der Waals surface area contributed by atoms with Crippen LogP contribution in [0.4, 0.5) is 13.2 Å². The third-order valence-electron chi connectivity index (χ3n) is 4.54. The molecule has 2 heterocycles. The van der Waals surface area contributed by atoms with E-state index >= 15 is 0 Å². The van der Waals surface area contributed by atoms with Crippen LogP contribution in [0, 0.1) is 11.3 Å². The van der Waals surface area contributed by atoms with Gasteiger partial charge in [0.15, 0.2) is 0 Å². The highest BCUT2D eigenvalue weighted by Crippen LogP contribution is 2.41. The molecule has 2 saturated heterocycles. The Morgan fingerprint density at radius 1 is 1.44 bits per heavy atom. The van der Waals surface area contributed by atoms with Gasteiger partial charge in [0.25, 0.3) is 0 Å². The first-order chi connectivity index (χ1) is 11.3. The van der Waals surface area contributed by atoms with Crippen LogP contribution in [0.15, 0.2) is 0 Å². The summed E-state index contributed by atoms with van der Waals surface area (Å²) >= 11 is 0. The van der Waals surface area contributed by atoms with Gasteiger partial charge in [-0.25, -0.2) is 17.9 Å². The van der Waals surface area contributed by atoms with Crippen LogP contribution in [0.2, 0.25) is 0 Å². The van der Waals surface area contributed by atoms with E-state index in [2.05, 4.69) is 23.5 Å². The van der Waals surface area contributed by atoms with Crippen molar-refractivity contribution in [3.63, 3.8) is 0 Å². The summed E-state index contributed by atoms with van der Waals surface area (Å²) in [5, 5.41) is 7.12. The minimum atomic E-state index is -5.08. The van der Waals surface area contributed by atoms with Crippen molar-refractivity contribution < 1.29 is 36.2 Å². The number of rotatable bonds is 5. The van der Waals surface area contributed by atoms with Gasteiger partial charge in [-0.3, -0.25) is 4.90 Å². The fourth-order valence-corrected chi connectivity index (χ4v) is 3.58. The molecule has 2 aliphatic rings. The molecule has 11 heteroatoms. The van der Waals surface area contributed by atoms with Gasteiger partial charge in [-0.1, -0.05) is 0 Å². The Balaban J connectivity index is 0.000000381. The standard InChI is InChI=1S/C12H24N2O3S.C2HF3O2/c1-4-18(15,16)13-7-12-8-14(10(2)3)5-11(12)6-17-9-12;3-2(4,5)1(6)7/h10-11,13H,4-9H2,1-3H3;(H,6,7)/t11-,12+;/m1./s1. The third-order valence-corrected chi connectivity index (χ3v) is 5.89. The molecule has 0 spiro atoms. The summed E-state index contributed by atoms with van der Waals surface area (Å²) in [4.78, 5) is 11.3. The number of likely N-dealkylation sites (tertiary alicyclic amines) is 1. The number of carboxylic acids is 1. The van der Waals surface area contributed by atoms with Crippen molar-refractivity contribution in [2.75, 3.05) is 38.6 Å².